The molecule has 0 spiro atoms. The van der Waals surface area contributed by atoms with Gasteiger partial charge in [0.15, 0.2) is 0 Å². The van der Waals surface area contributed by atoms with Crippen LogP contribution >= 0.6 is 0 Å². The van der Waals surface area contributed by atoms with Crippen molar-refractivity contribution in [2.75, 3.05) is 0 Å². The van der Waals surface area contributed by atoms with Gasteiger partial charge in [0.05, 0.1) is 12.8 Å². The molecule has 1 aliphatic heterocycles. The van der Waals surface area contributed by atoms with Crippen LogP contribution in [0.4, 0.5) is 0 Å². The van der Waals surface area contributed by atoms with Crippen LogP contribution in [-0.4, -0.2) is 11.9 Å². The lowest BCUT2D eigenvalue weighted by Gasteiger charge is -2.07. The molecule has 10 heavy (non-hydrogen) atoms. The lowest BCUT2D eigenvalue weighted by atomic mass is 10.3. The van der Waals surface area contributed by atoms with Gasteiger partial charge in [-0.1, -0.05) is 4.99 Å². The third kappa shape index (κ3) is 2.00. The fourth-order valence-corrected chi connectivity index (χ4v) is 0.424. The van der Waals surface area contributed by atoms with Gasteiger partial charge < -0.3 is 4.84 Å². The van der Waals surface area contributed by atoms with E-state index in [2.05, 4.69) is 14.7 Å². The zero-order valence-corrected chi connectivity index (χ0v) is 4.96. The Morgan fingerprint density at radius 3 is 2.70 bits per heavy atom. The van der Waals surface area contributed by atoms with Gasteiger partial charge in [0.25, 0.3) is 0 Å². The van der Waals surface area contributed by atoms with Crippen molar-refractivity contribution in [2.24, 2.45) is 0 Å². The van der Waals surface area contributed by atoms with E-state index in [4.69, 9.17) is 0 Å². The summed E-state index contributed by atoms with van der Waals surface area (Å²) in [6.07, 6.45) is -0.0320. The number of nitrogens with one attached hydrogen (secondary N) is 1. The fraction of sp³-hybridized carbons (Fsp3) is 0.500. The van der Waals surface area contributed by atoms with Crippen molar-refractivity contribution < 1.29 is 24.3 Å². The SMILES string of the molecule is O=C1CCC(=O)OONO1. The number of carbonyl (C=O) groups is 2. The predicted octanol–water partition coefficient (Wildman–Crippen LogP) is -0.782. The van der Waals surface area contributed by atoms with E-state index in [1.54, 1.807) is 5.64 Å². The van der Waals surface area contributed by atoms with Crippen LogP contribution in [0.3, 0.4) is 0 Å². The van der Waals surface area contributed by atoms with Crippen molar-refractivity contribution in [2.45, 2.75) is 12.8 Å². The predicted molar refractivity (Wildman–Crippen MR) is 25.6 cm³/mol. The first-order chi connectivity index (χ1) is 4.79. The molecule has 0 aliphatic carbocycles. The van der Waals surface area contributed by atoms with Gasteiger partial charge in [-0.25, -0.2) is 4.79 Å². The van der Waals surface area contributed by atoms with Crippen molar-refractivity contribution in [1.29, 1.82) is 0 Å². The second-order valence-corrected chi connectivity index (χ2v) is 1.60. The lowest BCUT2D eigenvalue weighted by Crippen LogP contribution is -2.26. The highest BCUT2D eigenvalue weighted by Crippen LogP contribution is 1.97. The maximum absolute atomic E-state index is 10.4. The van der Waals surface area contributed by atoms with Gasteiger partial charge in [0.2, 0.25) is 0 Å². The molecule has 1 heterocycles. The van der Waals surface area contributed by atoms with E-state index in [0.717, 1.165) is 0 Å². The largest absolute Gasteiger partial charge is 0.345 e. The van der Waals surface area contributed by atoms with E-state index < -0.39 is 11.9 Å². The van der Waals surface area contributed by atoms with Crippen LogP contribution < -0.4 is 5.64 Å². The van der Waals surface area contributed by atoms with Crippen LogP contribution in [0.15, 0.2) is 0 Å². The van der Waals surface area contributed by atoms with E-state index >= 15 is 0 Å². The molecule has 0 atom stereocenters. The van der Waals surface area contributed by atoms with Crippen LogP contribution in [0.2, 0.25) is 0 Å². The minimum absolute atomic E-state index is 0.00477. The third-order valence-electron chi connectivity index (χ3n) is 0.857. The summed E-state index contributed by atoms with van der Waals surface area (Å²) in [5.41, 5.74) is 1.67. The molecule has 6 nitrogen and oxygen atoms in total. The molecule has 0 aromatic carbocycles. The molecule has 0 radical (unpaired) electrons. The first-order valence-corrected chi connectivity index (χ1v) is 2.60. The van der Waals surface area contributed by atoms with Crippen LogP contribution in [0.1, 0.15) is 12.8 Å². The maximum atomic E-state index is 10.4. The Labute approximate surface area is 55.9 Å². The monoisotopic (exact) mass is 147 g/mol. The first kappa shape index (κ1) is 6.97. The summed E-state index contributed by atoms with van der Waals surface area (Å²) in [5, 5.41) is 0. The van der Waals surface area contributed by atoms with Gasteiger partial charge in [0, 0.05) is 5.64 Å². The van der Waals surface area contributed by atoms with E-state index in [1.807, 2.05) is 0 Å². The summed E-state index contributed by atoms with van der Waals surface area (Å²) < 4.78 is 0. The molecule has 1 N–H and O–H groups in total. The molecule has 1 rings (SSSR count). The van der Waals surface area contributed by atoms with E-state index in [9.17, 15) is 9.59 Å². The Balaban J connectivity index is 2.36. The normalized spacial score (nSPS) is 20.4. The molecule has 0 saturated carbocycles. The average molecular weight is 147 g/mol. The third-order valence-corrected chi connectivity index (χ3v) is 0.857. The van der Waals surface area contributed by atoms with Crippen molar-refractivity contribution in [3.63, 3.8) is 0 Å². The highest BCUT2D eigenvalue weighted by atomic mass is 17.3. The summed E-state index contributed by atoms with van der Waals surface area (Å²) in [6.45, 7) is 0. The molecule has 6 heteroatoms. The van der Waals surface area contributed by atoms with Crippen LogP contribution in [0.5, 0.6) is 0 Å². The molecule has 0 unspecified atom stereocenters. The average Bonchev–Trinajstić information content (AvgIpc) is 1.90. The standard InChI is InChI=1S/C4H5NO5/c6-3-1-2-4(7)9-10-5-8-3/h5H,1-2H2. The highest BCUT2D eigenvalue weighted by Gasteiger charge is 2.13. The molecular formula is C4H5NO5. The Hall–Kier alpha value is -1.14. The van der Waals surface area contributed by atoms with E-state index in [0.29, 0.717) is 0 Å². The summed E-state index contributed by atoms with van der Waals surface area (Å²) in [7, 11) is 0. The van der Waals surface area contributed by atoms with Gasteiger partial charge in [0.1, 0.15) is 0 Å². The molecule has 1 saturated heterocycles. The molecular weight excluding hydrogens is 142 g/mol. The van der Waals surface area contributed by atoms with E-state index in [1.165, 1.54) is 0 Å². The smallest absolute Gasteiger partial charge is 0.342 e. The lowest BCUT2D eigenvalue weighted by molar-refractivity contribution is -0.367. The van der Waals surface area contributed by atoms with Crippen LogP contribution in [0.25, 0.3) is 0 Å². The Morgan fingerprint density at radius 2 is 1.90 bits per heavy atom. The molecule has 1 aliphatic rings. The minimum Gasteiger partial charge on any atom is -0.342 e. The van der Waals surface area contributed by atoms with Crippen LogP contribution in [0, 0.1) is 0 Å². The van der Waals surface area contributed by atoms with Crippen molar-refractivity contribution in [1.82, 2.24) is 5.64 Å². The summed E-state index contributed by atoms with van der Waals surface area (Å²) in [5.74, 6) is -1.17. The highest BCUT2D eigenvalue weighted by molar-refractivity contribution is 5.77. The Morgan fingerprint density at radius 1 is 1.20 bits per heavy atom. The zero-order valence-electron chi connectivity index (χ0n) is 4.96. The molecule has 56 valence electrons. The van der Waals surface area contributed by atoms with Gasteiger partial charge in [-0.3, -0.25) is 9.68 Å². The zero-order chi connectivity index (χ0) is 7.40. The molecule has 0 bridgehead atoms. The van der Waals surface area contributed by atoms with Gasteiger partial charge in [-0.05, 0) is 0 Å². The first-order valence-electron chi connectivity index (χ1n) is 2.60. The van der Waals surface area contributed by atoms with Gasteiger partial charge >= 0.3 is 11.9 Å². The summed E-state index contributed by atoms with van der Waals surface area (Å²) in [6, 6.07) is 0. The van der Waals surface area contributed by atoms with Crippen molar-refractivity contribution >= 4 is 11.9 Å². The van der Waals surface area contributed by atoms with Crippen molar-refractivity contribution in [3.05, 3.63) is 0 Å². The molecule has 0 amide bonds. The summed E-state index contributed by atoms with van der Waals surface area (Å²) in [4.78, 5) is 32.9. The summed E-state index contributed by atoms with van der Waals surface area (Å²) >= 11 is 0. The Bertz CT molecular complexity index is 138. The molecule has 0 aromatic rings. The second-order valence-electron chi connectivity index (χ2n) is 1.60. The minimum atomic E-state index is -0.607. The fourth-order valence-electron chi connectivity index (χ4n) is 0.424. The van der Waals surface area contributed by atoms with Crippen molar-refractivity contribution in [3.8, 4) is 0 Å². The topological polar surface area (TPSA) is 73.9 Å². The number of rotatable bonds is 0. The number of hydrogen-bond donors (Lipinski definition) is 1. The number of hydrogen-bond acceptors (Lipinski definition) is 6. The van der Waals surface area contributed by atoms with E-state index in [-0.39, 0.29) is 12.8 Å². The molecule has 0 aromatic heterocycles. The molecule has 1 fully saturated rings. The second kappa shape index (κ2) is 3.14. The number of carbonyl (C=O) groups excluding carboxylic acids is 2. The van der Waals surface area contributed by atoms with Gasteiger partial charge in [-0.15, -0.1) is 0 Å². The Kier molecular flexibility index (Phi) is 2.19. The van der Waals surface area contributed by atoms with Gasteiger partial charge in [-0.2, -0.15) is 0 Å². The quantitative estimate of drug-likeness (QED) is 0.453. The maximum Gasteiger partial charge on any atom is 0.345 e. The van der Waals surface area contributed by atoms with Crippen LogP contribution in [-0.2, 0) is 24.3 Å².